The molecule has 4 aromatic heterocycles. The quantitative estimate of drug-likeness (QED) is 0.161. The molecule has 5 rings (SSSR count). The second-order valence-corrected chi connectivity index (χ2v) is 8.87. The summed E-state index contributed by atoms with van der Waals surface area (Å²) >= 11 is 5.68. The number of carbonyl (C=O) groups excluding carboxylic acids is 2. The zero-order valence-corrected chi connectivity index (χ0v) is 21.8. The third kappa shape index (κ3) is 5.50. The number of nitrogens with zero attached hydrogens (tertiary/aromatic N) is 5. The molecule has 1 amide bonds. The average molecular weight is 591 g/mol. The number of hydrogen-bond acceptors (Lipinski definition) is 7. The molecule has 10 nitrogen and oxygen atoms in total. The summed E-state index contributed by atoms with van der Waals surface area (Å²) in [5.41, 5.74) is 0.260. The Labute approximate surface area is 233 Å². The van der Waals surface area contributed by atoms with Crippen LogP contribution in [0.5, 0.6) is 0 Å². The molecule has 15 heteroatoms. The van der Waals surface area contributed by atoms with Crippen molar-refractivity contribution >= 4 is 34.8 Å². The molecule has 0 aliphatic carbocycles. The molecule has 4 heterocycles. The Morgan fingerprint density at radius 3 is 2.66 bits per heavy atom. The van der Waals surface area contributed by atoms with E-state index >= 15 is 0 Å². The van der Waals surface area contributed by atoms with E-state index in [9.17, 15) is 27.2 Å². The van der Waals surface area contributed by atoms with Gasteiger partial charge in [0.25, 0.3) is 18.8 Å². The van der Waals surface area contributed by atoms with Gasteiger partial charge in [0, 0.05) is 17.4 Å². The van der Waals surface area contributed by atoms with Crippen molar-refractivity contribution in [1.82, 2.24) is 24.4 Å². The maximum atomic E-state index is 13.4. The second kappa shape index (κ2) is 11.4. The molecular weight excluding hydrogens is 572 g/mol. The third-order valence-electron chi connectivity index (χ3n) is 5.87. The number of benzene rings is 1. The van der Waals surface area contributed by atoms with Gasteiger partial charge in [-0.15, -0.1) is 0 Å². The van der Waals surface area contributed by atoms with Gasteiger partial charge in [0.1, 0.15) is 22.7 Å². The van der Waals surface area contributed by atoms with E-state index in [0.29, 0.717) is 27.3 Å². The normalized spacial score (nSPS) is 11.5. The lowest BCUT2D eigenvalue weighted by Gasteiger charge is -2.08. The van der Waals surface area contributed by atoms with Gasteiger partial charge in [-0.25, -0.2) is 31.9 Å². The minimum Gasteiger partial charge on any atom is -0.462 e. The van der Waals surface area contributed by atoms with Crippen molar-refractivity contribution in [2.75, 3.05) is 11.9 Å². The molecular formula is C26H19ClF4N6O4. The monoisotopic (exact) mass is 590 g/mol. The van der Waals surface area contributed by atoms with Crippen LogP contribution in [0, 0.1) is 0 Å². The van der Waals surface area contributed by atoms with Crippen molar-refractivity contribution in [2.45, 2.75) is 26.3 Å². The van der Waals surface area contributed by atoms with Gasteiger partial charge in [-0.05, 0) is 37.3 Å². The van der Waals surface area contributed by atoms with Gasteiger partial charge >= 0.3 is 5.97 Å². The maximum absolute atomic E-state index is 13.4. The van der Waals surface area contributed by atoms with Crippen LogP contribution in [0.25, 0.3) is 16.9 Å². The first-order chi connectivity index (χ1) is 19.7. The molecule has 0 aliphatic rings. The lowest BCUT2D eigenvalue weighted by Crippen LogP contribution is -2.11. The molecule has 0 aliphatic heterocycles. The summed E-state index contributed by atoms with van der Waals surface area (Å²) in [6, 6.07) is 11.1. The lowest BCUT2D eigenvalue weighted by atomic mass is 10.1. The van der Waals surface area contributed by atoms with Gasteiger partial charge in [-0.3, -0.25) is 9.48 Å². The Kier molecular flexibility index (Phi) is 7.75. The summed E-state index contributed by atoms with van der Waals surface area (Å²) in [4.78, 5) is 29.3. The van der Waals surface area contributed by atoms with Crippen molar-refractivity contribution < 1.29 is 36.3 Å². The number of rotatable bonds is 9. The fraction of sp³-hybridized carbons (Fsp3) is 0.192. The average Bonchev–Trinajstić information content (AvgIpc) is 3.66. The van der Waals surface area contributed by atoms with Gasteiger partial charge in [0.2, 0.25) is 0 Å². The van der Waals surface area contributed by atoms with Crippen molar-refractivity contribution in [3.05, 3.63) is 88.4 Å². The summed E-state index contributed by atoms with van der Waals surface area (Å²) in [6.45, 7) is 1.43. The standard InChI is InChI=1S/C26H19ClF4N6O4/c1-2-40-26(39)16-11-33-37-17(8-9-32-24(16)37)13-4-3-5-14(10-13)34-25(38)18-7-6-15(41-18)12-36-21(23(30)31)19(27)20(35-36)22(28)29/h3-11,22-23H,2,12H2,1H3,(H,34,38). The summed E-state index contributed by atoms with van der Waals surface area (Å²) in [5.74, 6) is -1.35. The fourth-order valence-electron chi connectivity index (χ4n) is 4.09. The molecule has 0 spiro atoms. The zero-order chi connectivity index (χ0) is 29.3. The number of amides is 1. The van der Waals surface area contributed by atoms with E-state index < -0.39 is 47.7 Å². The second-order valence-electron chi connectivity index (χ2n) is 8.49. The fourth-order valence-corrected chi connectivity index (χ4v) is 4.39. The molecule has 0 bridgehead atoms. The highest BCUT2D eigenvalue weighted by atomic mass is 35.5. The van der Waals surface area contributed by atoms with E-state index in [0.717, 1.165) is 0 Å². The molecule has 1 N–H and O–H groups in total. The van der Waals surface area contributed by atoms with Crippen LogP contribution in [0.1, 0.15) is 57.8 Å². The first-order valence-electron chi connectivity index (χ1n) is 12.0. The zero-order valence-electron chi connectivity index (χ0n) is 21.0. The Morgan fingerprint density at radius 1 is 1.12 bits per heavy atom. The number of hydrogen-bond donors (Lipinski definition) is 1. The highest BCUT2D eigenvalue weighted by Crippen LogP contribution is 2.35. The summed E-state index contributed by atoms with van der Waals surface area (Å²) < 4.78 is 65.7. The van der Waals surface area contributed by atoms with Gasteiger partial charge in [0.05, 0.1) is 30.1 Å². The topological polar surface area (TPSA) is 117 Å². The van der Waals surface area contributed by atoms with Gasteiger partial charge in [-0.2, -0.15) is 10.2 Å². The molecule has 0 fully saturated rings. The first kappa shape index (κ1) is 27.8. The van der Waals surface area contributed by atoms with Crippen LogP contribution in [-0.2, 0) is 11.3 Å². The predicted molar refractivity (Wildman–Crippen MR) is 137 cm³/mol. The van der Waals surface area contributed by atoms with Crippen LogP contribution in [0.15, 0.2) is 59.3 Å². The van der Waals surface area contributed by atoms with Crippen molar-refractivity contribution in [3.63, 3.8) is 0 Å². The van der Waals surface area contributed by atoms with E-state index in [4.69, 9.17) is 20.8 Å². The Balaban J connectivity index is 1.35. The van der Waals surface area contributed by atoms with Gasteiger partial charge < -0.3 is 14.5 Å². The van der Waals surface area contributed by atoms with Crippen molar-refractivity contribution in [1.29, 1.82) is 0 Å². The molecule has 0 saturated heterocycles. The van der Waals surface area contributed by atoms with Crippen LogP contribution in [-0.4, -0.2) is 42.9 Å². The van der Waals surface area contributed by atoms with Gasteiger partial charge in [-0.1, -0.05) is 23.7 Å². The molecule has 0 atom stereocenters. The Morgan fingerprint density at radius 2 is 1.93 bits per heavy atom. The van der Waals surface area contributed by atoms with Crippen LogP contribution in [0.2, 0.25) is 5.02 Å². The molecule has 1 aromatic carbocycles. The van der Waals surface area contributed by atoms with Crippen LogP contribution < -0.4 is 5.32 Å². The lowest BCUT2D eigenvalue weighted by molar-refractivity contribution is 0.0528. The number of fused-ring (bicyclic) bond motifs is 1. The number of furan rings is 1. The number of esters is 1. The number of aromatic nitrogens is 5. The van der Waals surface area contributed by atoms with E-state index in [-0.39, 0.29) is 23.7 Å². The SMILES string of the molecule is CCOC(=O)c1cnn2c(-c3cccc(NC(=O)c4ccc(Cn5nc(C(F)F)c(Cl)c5C(F)F)o4)c3)ccnc12. The molecule has 0 radical (unpaired) electrons. The highest BCUT2D eigenvalue weighted by molar-refractivity contribution is 6.32. The molecule has 0 unspecified atom stereocenters. The number of nitrogens with one attached hydrogen (secondary N) is 1. The van der Waals surface area contributed by atoms with Crippen LogP contribution in [0.3, 0.4) is 0 Å². The molecule has 41 heavy (non-hydrogen) atoms. The smallest absolute Gasteiger partial charge is 0.343 e. The predicted octanol–water partition coefficient (Wildman–Crippen LogP) is 6.19. The van der Waals surface area contributed by atoms with E-state index in [1.807, 2.05) is 0 Å². The Bertz CT molecular complexity index is 1750. The van der Waals surface area contributed by atoms with E-state index in [1.54, 1.807) is 37.3 Å². The minimum absolute atomic E-state index is 0.0149. The largest absolute Gasteiger partial charge is 0.462 e. The van der Waals surface area contributed by atoms with Crippen LogP contribution in [0.4, 0.5) is 23.2 Å². The third-order valence-corrected chi connectivity index (χ3v) is 6.26. The summed E-state index contributed by atoms with van der Waals surface area (Å²) in [7, 11) is 0. The van der Waals surface area contributed by atoms with Crippen LogP contribution >= 0.6 is 11.6 Å². The number of anilines is 1. The number of alkyl halides is 4. The van der Waals surface area contributed by atoms with Gasteiger partial charge in [0.15, 0.2) is 11.4 Å². The Hall–Kier alpha value is -4.72. The van der Waals surface area contributed by atoms with Crippen molar-refractivity contribution in [2.24, 2.45) is 0 Å². The number of carbonyl (C=O) groups is 2. The first-order valence-corrected chi connectivity index (χ1v) is 12.4. The maximum Gasteiger partial charge on any atom is 0.343 e. The van der Waals surface area contributed by atoms with E-state index in [1.165, 1.54) is 29.0 Å². The van der Waals surface area contributed by atoms with Crippen molar-refractivity contribution in [3.8, 4) is 11.3 Å². The molecule has 5 aromatic rings. The highest BCUT2D eigenvalue weighted by Gasteiger charge is 2.28. The number of ether oxygens (including phenoxy) is 1. The minimum atomic E-state index is -3.16. The molecule has 0 saturated carbocycles. The summed E-state index contributed by atoms with van der Waals surface area (Å²) in [6.07, 6.45) is -3.43. The number of halogens is 5. The molecule has 212 valence electrons. The summed E-state index contributed by atoms with van der Waals surface area (Å²) in [5, 5.41) is 9.59. The van der Waals surface area contributed by atoms with E-state index in [2.05, 4.69) is 20.5 Å².